The van der Waals surface area contributed by atoms with Gasteiger partial charge in [-0.2, -0.15) is 0 Å². The van der Waals surface area contributed by atoms with E-state index in [0.29, 0.717) is 29.7 Å². The molecule has 2 aliphatic heterocycles. The molecule has 7 nitrogen and oxygen atoms in total. The molecule has 3 heterocycles. The zero-order valence-corrected chi connectivity index (χ0v) is 14.2. The molecule has 1 atom stereocenters. The van der Waals surface area contributed by atoms with Crippen LogP contribution in [0, 0.1) is 5.92 Å². The summed E-state index contributed by atoms with van der Waals surface area (Å²) in [5, 5.41) is 0. The van der Waals surface area contributed by atoms with Gasteiger partial charge in [0.25, 0.3) is 5.91 Å². The number of ether oxygens (including phenoxy) is 1. The highest BCUT2D eigenvalue weighted by Gasteiger charge is 2.36. The molecule has 1 fully saturated rings. The van der Waals surface area contributed by atoms with Crippen molar-refractivity contribution in [2.75, 3.05) is 30.3 Å². The molecule has 0 aliphatic carbocycles. The summed E-state index contributed by atoms with van der Waals surface area (Å²) in [7, 11) is 0. The number of aromatic nitrogens is 1. The number of anilines is 2. The molecule has 3 rings (SSSR count). The van der Waals surface area contributed by atoms with Crippen molar-refractivity contribution in [3.05, 3.63) is 12.1 Å². The van der Waals surface area contributed by atoms with Crippen molar-refractivity contribution in [3.8, 4) is 5.75 Å². The van der Waals surface area contributed by atoms with Crippen LogP contribution in [0.25, 0.3) is 0 Å². The fourth-order valence-corrected chi connectivity index (χ4v) is 3.12. The van der Waals surface area contributed by atoms with E-state index in [1.165, 1.54) is 4.90 Å². The maximum absolute atomic E-state index is 12.7. The summed E-state index contributed by atoms with van der Waals surface area (Å²) in [5.74, 6) is 1.48. The second kappa shape index (κ2) is 6.67. The second-order valence-corrected chi connectivity index (χ2v) is 6.56. The van der Waals surface area contributed by atoms with E-state index in [1.807, 2.05) is 11.8 Å². The number of nitrogens with zero attached hydrogens (tertiary/aromatic N) is 3. The molecule has 1 saturated heterocycles. The number of fused-ring (bicyclic) bond motifs is 1. The number of hydrogen-bond acceptors (Lipinski definition) is 5. The molecular formula is C17H24N4O3. The van der Waals surface area contributed by atoms with Crippen molar-refractivity contribution in [1.82, 2.24) is 9.88 Å². The lowest BCUT2D eigenvalue weighted by molar-refractivity contribution is -0.134. The van der Waals surface area contributed by atoms with E-state index in [4.69, 9.17) is 10.5 Å². The van der Waals surface area contributed by atoms with E-state index < -0.39 is 6.10 Å². The number of likely N-dealkylation sites (tertiary alicyclic amines) is 1. The summed E-state index contributed by atoms with van der Waals surface area (Å²) in [6, 6.07) is 3.33. The standard InChI is InChI=1S/C17H24N4O3/c1-3-12-17(23)21(16-13(24-12)4-5-14(18)19-16)10-15(22)20-8-6-11(2)7-9-20/h4-5,11-12H,3,6-10H2,1-2H3,(H2,18,19). The number of rotatable bonds is 3. The Kier molecular flexibility index (Phi) is 4.59. The first-order valence-corrected chi connectivity index (χ1v) is 8.52. The number of pyridine rings is 1. The third kappa shape index (κ3) is 3.16. The Labute approximate surface area is 141 Å². The number of carbonyl (C=O) groups is 2. The highest BCUT2D eigenvalue weighted by molar-refractivity contribution is 6.03. The molecule has 1 unspecified atom stereocenters. The highest BCUT2D eigenvalue weighted by atomic mass is 16.5. The number of carbonyl (C=O) groups excluding carboxylic acids is 2. The first kappa shape index (κ1) is 16.5. The predicted octanol–water partition coefficient (Wildman–Crippen LogP) is 1.43. The average Bonchev–Trinajstić information content (AvgIpc) is 2.58. The molecule has 1 aromatic heterocycles. The molecule has 0 aromatic carbocycles. The van der Waals surface area contributed by atoms with Gasteiger partial charge in [0, 0.05) is 13.1 Å². The highest BCUT2D eigenvalue weighted by Crippen LogP contribution is 2.33. The van der Waals surface area contributed by atoms with Gasteiger partial charge in [0.2, 0.25) is 5.91 Å². The average molecular weight is 332 g/mol. The Balaban J connectivity index is 1.81. The van der Waals surface area contributed by atoms with Crippen LogP contribution in [-0.2, 0) is 9.59 Å². The van der Waals surface area contributed by atoms with Gasteiger partial charge in [-0.3, -0.25) is 14.5 Å². The second-order valence-electron chi connectivity index (χ2n) is 6.56. The summed E-state index contributed by atoms with van der Waals surface area (Å²) in [4.78, 5) is 32.8. The van der Waals surface area contributed by atoms with Gasteiger partial charge in [-0.05, 0) is 37.3 Å². The van der Waals surface area contributed by atoms with Gasteiger partial charge in [-0.1, -0.05) is 13.8 Å². The van der Waals surface area contributed by atoms with Gasteiger partial charge in [0.15, 0.2) is 17.7 Å². The Morgan fingerprint density at radius 2 is 2.08 bits per heavy atom. The monoisotopic (exact) mass is 332 g/mol. The minimum atomic E-state index is -0.586. The minimum absolute atomic E-state index is 0.0173. The van der Waals surface area contributed by atoms with Crippen molar-refractivity contribution in [1.29, 1.82) is 0 Å². The van der Waals surface area contributed by atoms with E-state index in [2.05, 4.69) is 11.9 Å². The predicted molar refractivity (Wildman–Crippen MR) is 90.7 cm³/mol. The summed E-state index contributed by atoms with van der Waals surface area (Å²) in [6.07, 6.45) is 1.95. The van der Waals surface area contributed by atoms with Crippen molar-refractivity contribution in [2.24, 2.45) is 5.92 Å². The first-order chi connectivity index (χ1) is 11.5. The SMILES string of the molecule is CCC1Oc2ccc(N)nc2N(CC(=O)N2CCC(C)CC2)C1=O. The molecule has 2 N–H and O–H groups in total. The van der Waals surface area contributed by atoms with Crippen molar-refractivity contribution >= 4 is 23.5 Å². The quantitative estimate of drug-likeness (QED) is 0.904. The fraction of sp³-hybridized carbons (Fsp3) is 0.588. The lowest BCUT2D eigenvalue weighted by Crippen LogP contribution is -2.51. The van der Waals surface area contributed by atoms with E-state index >= 15 is 0 Å². The van der Waals surface area contributed by atoms with Crippen LogP contribution in [0.3, 0.4) is 0 Å². The third-order valence-corrected chi connectivity index (χ3v) is 4.73. The third-order valence-electron chi connectivity index (χ3n) is 4.73. The van der Waals surface area contributed by atoms with Crippen LogP contribution in [0.5, 0.6) is 5.75 Å². The van der Waals surface area contributed by atoms with E-state index in [1.54, 1.807) is 12.1 Å². The molecule has 0 radical (unpaired) electrons. The van der Waals surface area contributed by atoms with Crippen LogP contribution in [0.1, 0.15) is 33.1 Å². The number of nitrogen functional groups attached to an aromatic ring is 1. The van der Waals surface area contributed by atoms with E-state index in [9.17, 15) is 9.59 Å². The van der Waals surface area contributed by atoms with Gasteiger partial charge in [0.1, 0.15) is 12.4 Å². The molecular weight excluding hydrogens is 308 g/mol. The minimum Gasteiger partial charge on any atom is -0.477 e. The zero-order chi connectivity index (χ0) is 17.3. The van der Waals surface area contributed by atoms with Crippen molar-refractivity contribution < 1.29 is 14.3 Å². The fourth-order valence-electron chi connectivity index (χ4n) is 3.12. The Bertz CT molecular complexity index is 641. The molecule has 0 saturated carbocycles. The van der Waals surface area contributed by atoms with Crippen LogP contribution in [0.2, 0.25) is 0 Å². The maximum Gasteiger partial charge on any atom is 0.269 e. The zero-order valence-electron chi connectivity index (χ0n) is 14.2. The topological polar surface area (TPSA) is 88.8 Å². The molecule has 7 heteroatoms. The van der Waals surface area contributed by atoms with Crippen molar-refractivity contribution in [3.63, 3.8) is 0 Å². The summed E-state index contributed by atoms with van der Waals surface area (Å²) in [5.41, 5.74) is 5.75. The molecule has 0 bridgehead atoms. The number of hydrogen-bond donors (Lipinski definition) is 1. The van der Waals surface area contributed by atoms with Crippen LogP contribution in [-0.4, -0.2) is 47.4 Å². The Morgan fingerprint density at radius 1 is 1.38 bits per heavy atom. The summed E-state index contributed by atoms with van der Waals surface area (Å²) >= 11 is 0. The van der Waals surface area contributed by atoms with Crippen LogP contribution < -0.4 is 15.4 Å². The van der Waals surface area contributed by atoms with Crippen molar-refractivity contribution in [2.45, 2.75) is 39.2 Å². The number of piperidine rings is 1. The lowest BCUT2D eigenvalue weighted by atomic mass is 9.99. The Hall–Kier alpha value is -2.31. The first-order valence-electron chi connectivity index (χ1n) is 8.52. The summed E-state index contributed by atoms with van der Waals surface area (Å²) in [6.45, 7) is 5.54. The van der Waals surface area contributed by atoms with Gasteiger partial charge < -0.3 is 15.4 Å². The van der Waals surface area contributed by atoms with Crippen LogP contribution in [0.4, 0.5) is 11.6 Å². The number of nitrogens with two attached hydrogens (primary N) is 1. The van der Waals surface area contributed by atoms with Crippen LogP contribution >= 0.6 is 0 Å². The smallest absolute Gasteiger partial charge is 0.269 e. The summed E-state index contributed by atoms with van der Waals surface area (Å²) < 4.78 is 5.69. The van der Waals surface area contributed by atoms with E-state index in [-0.39, 0.29) is 18.4 Å². The molecule has 24 heavy (non-hydrogen) atoms. The maximum atomic E-state index is 12.7. The Morgan fingerprint density at radius 3 is 2.75 bits per heavy atom. The molecule has 0 spiro atoms. The normalized spacial score (nSPS) is 21.4. The van der Waals surface area contributed by atoms with Gasteiger partial charge in [-0.15, -0.1) is 0 Å². The largest absolute Gasteiger partial charge is 0.477 e. The van der Waals surface area contributed by atoms with Crippen LogP contribution in [0.15, 0.2) is 12.1 Å². The van der Waals surface area contributed by atoms with E-state index in [0.717, 1.165) is 25.9 Å². The molecule has 1 aromatic rings. The molecule has 2 amide bonds. The number of amides is 2. The van der Waals surface area contributed by atoms with Gasteiger partial charge in [0.05, 0.1) is 0 Å². The lowest BCUT2D eigenvalue weighted by Gasteiger charge is -2.35. The molecule has 130 valence electrons. The van der Waals surface area contributed by atoms with Gasteiger partial charge >= 0.3 is 0 Å². The van der Waals surface area contributed by atoms with Gasteiger partial charge in [-0.25, -0.2) is 4.98 Å². The molecule has 2 aliphatic rings.